The summed E-state index contributed by atoms with van der Waals surface area (Å²) in [6, 6.07) is 17.6. The van der Waals surface area contributed by atoms with Crippen LogP contribution in [0.1, 0.15) is 11.4 Å². The molecule has 2 aromatic carbocycles. The summed E-state index contributed by atoms with van der Waals surface area (Å²) in [5, 5.41) is 2.85. The summed E-state index contributed by atoms with van der Waals surface area (Å²) in [7, 11) is 1.64. The summed E-state index contributed by atoms with van der Waals surface area (Å²) in [6.07, 6.45) is 3.57. The van der Waals surface area contributed by atoms with Crippen molar-refractivity contribution in [2.24, 2.45) is 0 Å². The van der Waals surface area contributed by atoms with Crippen LogP contribution in [-0.2, 0) is 6.61 Å². The predicted octanol–water partition coefficient (Wildman–Crippen LogP) is 6.33. The third-order valence-corrected chi connectivity index (χ3v) is 5.58. The molecule has 5 aromatic rings. The lowest BCUT2D eigenvalue weighted by molar-refractivity contribution is 0.281. The van der Waals surface area contributed by atoms with Gasteiger partial charge in [0.15, 0.2) is 11.5 Å². The van der Waals surface area contributed by atoms with E-state index in [0.29, 0.717) is 23.1 Å². The normalized spacial score (nSPS) is 11.2. The Kier molecular flexibility index (Phi) is 4.96. The van der Waals surface area contributed by atoms with Crippen molar-refractivity contribution in [3.63, 3.8) is 0 Å². The van der Waals surface area contributed by atoms with E-state index >= 15 is 0 Å². The predicted molar refractivity (Wildman–Crippen MR) is 124 cm³/mol. The number of aromatic nitrogens is 3. The van der Waals surface area contributed by atoms with Crippen molar-refractivity contribution in [3.05, 3.63) is 83.4 Å². The van der Waals surface area contributed by atoms with Crippen molar-refractivity contribution in [1.82, 2.24) is 15.0 Å². The van der Waals surface area contributed by atoms with Gasteiger partial charge in [-0.05, 0) is 55.0 Å². The fourth-order valence-corrected chi connectivity index (χ4v) is 4.06. The maximum atomic E-state index is 6.50. The van der Waals surface area contributed by atoms with Crippen molar-refractivity contribution < 1.29 is 9.47 Å². The molecule has 0 aliphatic rings. The highest BCUT2D eigenvalue weighted by atomic mass is 35.5. The summed E-state index contributed by atoms with van der Waals surface area (Å²) in [5.41, 5.74) is 5.81. The van der Waals surface area contributed by atoms with Crippen LogP contribution in [0.4, 0.5) is 0 Å². The highest BCUT2D eigenvalue weighted by molar-refractivity contribution is 6.32. The molecule has 31 heavy (non-hydrogen) atoms. The van der Waals surface area contributed by atoms with Crippen LogP contribution >= 0.6 is 11.6 Å². The van der Waals surface area contributed by atoms with Crippen molar-refractivity contribution in [2.75, 3.05) is 7.11 Å². The molecule has 0 atom stereocenters. The summed E-state index contributed by atoms with van der Waals surface area (Å²) in [5.74, 6) is 1.31. The topological polar surface area (TPSA) is 60.0 Å². The number of methoxy groups -OCH3 is 1. The van der Waals surface area contributed by atoms with E-state index in [1.807, 2.05) is 67.7 Å². The van der Waals surface area contributed by atoms with Crippen LogP contribution in [0.15, 0.2) is 67.0 Å². The molecule has 3 aromatic heterocycles. The van der Waals surface area contributed by atoms with Gasteiger partial charge in [0, 0.05) is 33.8 Å². The first kappa shape index (κ1) is 19.4. The largest absolute Gasteiger partial charge is 0.493 e. The number of fused-ring (bicyclic) bond motifs is 3. The highest BCUT2D eigenvalue weighted by Gasteiger charge is 2.15. The number of rotatable bonds is 5. The molecule has 0 bridgehead atoms. The number of halogens is 1. The molecule has 3 heterocycles. The lowest BCUT2D eigenvalue weighted by Gasteiger charge is -2.13. The smallest absolute Gasteiger partial charge is 0.161 e. The second kappa shape index (κ2) is 7.93. The Hall–Kier alpha value is -3.57. The molecule has 1 N–H and O–H groups in total. The quantitative estimate of drug-likeness (QED) is 0.354. The number of nitrogens with zero attached hydrogens (tertiary/aromatic N) is 2. The molecule has 0 unspecified atom stereocenters. The van der Waals surface area contributed by atoms with E-state index in [4.69, 9.17) is 21.1 Å². The zero-order chi connectivity index (χ0) is 21.4. The molecule has 0 saturated heterocycles. The molecule has 5 nitrogen and oxygen atoms in total. The molecule has 6 heteroatoms. The van der Waals surface area contributed by atoms with Crippen LogP contribution in [0.5, 0.6) is 11.5 Å². The molecule has 0 fully saturated rings. The van der Waals surface area contributed by atoms with Gasteiger partial charge in [-0.25, -0.2) is 0 Å². The minimum atomic E-state index is 0.367. The van der Waals surface area contributed by atoms with E-state index in [-0.39, 0.29) is 0 Å². The second-order valence-electron chi connectivity index (χ2n) is 7.30. The lowest BCUT2D eigenvalue weighted by Crippen LogP contribution is -1.99. The number of aromatic amines is 1. The van der Waals surface area contributed by atoms with Crippen LogP contribution in [0.3, 0.4) is 0 Å². The van der Waals surface area contributed by atoms with E-state index in [2.05, 4.69) is 15.0 Å². The highest BCUT2D eigenvalue weighted by Crippen LogP contribution is 2.39. The Labute approximate surface area is 184 Å². The number of ether oxygens (including phenoxy) is 2. The average Bonchev–Trinajstić information content (AvgIpc) is 3.17. The maximum Gasteiger partial charge on any atom is 0.161 e. The number of H-pyrrole nitrogens is 1. The Bertz CT molecular complexity index is 1400. The third kappa shape index (κ3) is 3.57. The van der Waals surface area contributed by atoms with Gasteiger partial charge in [-0.3, -0.25) is 9.97 Å². The minimum Gasteiger partial charge on any atom is -0.493 e. The zero-order valence-electron chi connectivity index (χ0n) is 17.1. The summed E-state index contributed by atoms with van der Waals surface area (Å²) in [6.45, 7) is 2.36. The fraction of sp³-hybridized carbons (Fsp3) is 0.120. The van der Waals surface area contributed by atoms with E-state index < -0.39 is 0 Å². The molecule has 0 saturated carbocycles. The van der Waals surface area contributed by atoms with Gasteiger partial charge < -0.3 is 14.5 Å². The number of aryl methyl sites for hydroxylation is 1. The van der Waals surface area contributed by atoms with Crippen molar-refractivity contribution >= 4 is 33.4 Å². The van der Waals surface area contributed by atoms with Gasteiger partial charge in [0.2, 0.25) is 0 Å². The lowest BCUT2D eigenvalue weighted by atomic mass is 10.0. The van der Waals surface area contributed by atoms with Crippen LogP contribution < -0.4 is 9.47 Å². The Balaban J connectivity index is 1.58. The van der Waals surface area contributed by atoms with Crippen molar-refractivity contribution in [1.29, 1.82) is 0 Å². The first-order valence-electron chi connectivity index (χ1n) is 9.91. The van der Waals surface area contributed by atoms with Gasteiger partial charge in [-0.15, -0.1) is 0 Å². The molecular formula is C25H20ClN3O2. The van der Waals surface area contributed by atoms with Crippen LogP contribution in [0.25, 0.3) is 32.9 Å². The monoisotopic (exact) mass is 429 g/mol. The molecule has 0 spiro atoms. The number of pyridine rings is 2. The third-order valence-electron chi connectivity index (χ3n) is 5.36. The fourth-order valence-electron chi connectivity index (χ4n) is 3.84. The van der Waals surface area contributed by atoms with E-state index in [1.165, 1.54) is 0 Å². The number of hydrogen-bond acceptors (Lipinski definition) is 4. The number of nitrogens with one attached hydrogen (secondary N) is 1. The summed E-state index contributed by atoms with van der Waals surface area (Å²) < 4.78 is 11.6. The summed E-state index contributed by atoms with van der Waals surface area (Å²) in [4.78, 5) is 12.2. The van der Waals surface area contributed by atoms with E-state index in [0.717, 1.165) is 44.3 Å². The SMILES string of the molecule is COc1cc(-c2cc(Cl)cc3c2[nH]c2c(C)nccc23)ccc1OCc1ccccn1. The minimum absolute atomic E-state index is 0.367. The van der Waals surface area contributed by atoms with Crippen LogP contribution in [0.2, 0.25) is 5.02 Å². The number of benzene rings is 2. The van der Waals surface area contributed by atoms with Gasteiger partial charge in [0.05, 0.1) is 29.5 Å². The Morgan fingerprint density at radius 1 is 0.903 bits per heavy atom. The van der Waals surface area contributed by atoms with Crippen molar-refractivity contribution in [2.45, 2.75) is 13.5 Å². The zero-order valence-corrected chi connectivity index (χ0v) is 17.9. The molecule has 0 aliphatic heterocycles. The van der Waals surface area contributed by atoms with E-state index in [1.54, 1.807) is 13.3 Å². The maximum absolute atomic E-state index is 6.50. The first-order valence-corrected chi connectivity index (χ1v) is 10.3. The molecule has 5 rings (SSSR count). The van der Waals surface area contributed by atoms with Crippen LogP contribution in [0, 0.1) is 6.92 Å². The standard InChI is InChI=1S/C25H20ClN3O2/c1-15-24-19(8-10-27-15)21-13-17(26)12-20(25(21)29-24)16-6-7-22(23(11-16)30-2)31-14-18-5-3-4-9-28-18/h3-13,29H,14H2,1-2H3. The Morgan fingerprint density at radius 3 is 2.61 bits per heavy atom. The van der Waals surface area contributed by atoms with Crippen molar-refractivity contribution in [3.8, 4) is 22.6 Å². The first-order chi connectivity index (χ1) is 15.1. The van der Waals surface area contributed by atoms with Gasteiger partial charge in [0.1, 0.15) is 6.61 Å². The molecular weight excluding hydrogens is 410 g/mol. The number of hydrogen-bond donors (Lipinski definition) is 1. The van der Waals surface area contributed by atoms with E-state index in [9.17, 15) is 0 Å². The van der Waals surface area contributed by atoms with Gasteiger partial charge in [0.25, 0.3) is 0 Å². The molecule has 0 radical (unpaired) electrons. The molecule has 154 valence electrons. The van der Waals surface area contributed by atoms with Crippen LogP contribution in [-0.4, -0.2) is 22.1 Å². The Morgan fingerprint density at radius 2 is 1.81 bits per heavy atom. The molecule has 0 aliphatic carbocycles. The van der Waals surface area contributed by atoms with Gasteiger partial charge in [-0.2, -0.15) is 0 Å². The molecule has 0 amide bonds. The van der Waals surface area contributed by atoms with Gasteiger partial charge >= 0.3 is 0 Å². The average molecular weight is 430 g/mol. The van der Waals surface area contributed by atoms with Gasteiger partial charge in [-0.1, -0.05) is 23.7 Å². The second-order valence-corrected chi connectivity index (χ2v) is 7.73. The summed E-state index contributed by atoms with van der Waals surface area (Å²) >= 11 is 6.50.